The standard InChI is InChI=1S/C20H21NO7/c1-24-13-7-8-16(25-2)15(9-13)20(23)27-12-19(22)21-10-14-11-26-17-5-3-4-6-18(17)28-14/h3-9,14H,10-12H2,1-2H3,(H,21,22)/t14-/m0/s1. The van der Waals surface area contributed by atoms with Gasteiger partial charge in [-0.3, -0.25) is 4.79 Å². The second-order valence-corrected chi connectivity index (χ2v) is 5.94. The maximum atomic E-state index is 12.3. The molecule has 8 nitrogen and oxygen atoms in total. The predicted octanol–water partition coefficient (Wildman–Crippen LogP) is 1.82. The maximum absolute atomic E-state index is 12.3. The zero-order chi connectivity index (χ0) is 19.9. The van der Waals surface area contributed by atoms with Gasteiger partial charge in [0.05, 0.1) is 20.8 Å². The van der Waals surface area contributed by atoms with E-state index in [9.17, 15) is 9.59 Å². The molecule has 0 radical (unpaired) electrons. The molecule has 1 N–H and O–H groups in total. The first-order chi connectivity index (χ1) is 13.6. The van der Waals surface area contributed by atoms with Gasteiger partial charge in [0.15, 0.2) is 18.1 Å². The van der Waals surface area contributed by atoms with Crippen LogP contribution in [0.3, 0.4) is 0 Å². The third-order valence-electron chi connectivity index (χ3n) is 4.06. The Morgan fingerprint density at radius 2 is 1.89 bits per heavy atom. The van der Waals surface area contributed by atoms with Gasteiger partial charge in [-0.25, -0.2) is 4.79 Å². The third kappa shape index (κ3) is 4.64. The summed E-state index contributed by atoms with van der Waals surface area (Å²) >= 11 is 0. The summed E-state index contributed by atoms with van der Waals surface area (Å²) < 4.78 is 26.6. The Bertz CT molecular complexity index is 852. The van der Waals surface area contributed by atoms with Crippen LogP contribution in [0.15, 0.2) is 42.5 Å². The van der Waals surface area contributed by atoms with Gasteiger partial charge in [-0.05, 0) is 30.3 Å². The Kier molecular flexibility index (Phi) is 6.21. The lowest BCUT2D eigenvalue weighted by Gasteiger charge is -2.26. The lowest BCUT2D eigenvalue weighted by Crippen LogP contribution is -2.42. The second kappa shape index (κ2) is 8.98. The molecule has 1 amide bonds. The van der Waals surface area contributed by atoms with E-state index < -0.39 is 18.5 Å². The number of benzene rings is 2. The summed E-state index contributed by atoms with van der Waals surface area (Å²) in [6.07, 6.45) is -0.326. The minimum Gasteiger partial charge on any atom is -0.497 e. The van der Waals surface area contributed by atoms with Crippen molar-refractivity contribution in [2.75, 3.05) is 34.0 Å². The van der Waals surface area contributed by atoms with E-state index in [2.05, 4.69) is 5.32 Å². The molecule has 1 heterocycles. The van der Waals surface area contributed by atoms with Crippen molar-refractivity contribution < 1.29 is 33.3 Å². The van der Waals surface area contributed by atoms with E-state index in [0.29, 0.717) is 29.6 Å². The molecule has 0 saturated heterocycles. The molecule has 0 saturated carbocycles. The van der Waals surface area contributed by atoms with Gasteiger partial charge in [0.1, 0.15) is 29.8 Å². The lowest BCUT2D eigenvalue weighted by molar-refractivity contribution is -0.124. The van der Waals surface area contributed by atoms with Crippen molar-refractivity contribution in [3.8, 4) is 23.0 Å². The highest BCUT2D eigenvalue weighted by Gasteiger charge is 2.22. The van der Waals surface area contributed by atoms with Crippen molar-refractivity contribution in [1.82, 2.24) is 5.32 Å². The molecule has 2 aromatic rings. The molecule has 1 aliphatic rings. The van der Waals surface area contributed by atoms with Crippen LogP contribution in [0.4, 0.5) is 0 Å². The SMILES string of the molecule is COc1ccc(OC)c(C(=O)OCC(=O)NC[C@H]2COc3ccccc3O2)c1. The van der Waals surface area contributed by atoms with E-state index in [1.165, 1.54) is 20.3 Å². The molecular formula is C20H21NO7. The van der Waals surface area contributed by atoms with Gasteiger partial charge in [0, 0.05) is 0 Å². The van der Waals surface area contributed by atoms with Gasteiger partial charge in [-0.1, -0.05) is 12.1 Å². The Labute approximate surface area is 162 Å². The van der Waals surface area contributed by atoms with Crippen LogP contribution in [0, 0.1) is 0 Å². The average molecular weight is 387 g/mol. The summed E-state index contributed by atoms with van der Waals surface area (Å²) in [5.74, 6) is 0.982. The summed E-state index contributed by atoms with van der Waals surface area (Å²) in [6.45, 7) is 0.120. The van der Waals surface area contributed by atoms with Crippen molar-refractivity contribution >= 4 is 11.9 Å². The molecule has 0 spiro atoms. The fraction of sp³-hybridized carbons (Fsp3) is 0.300. The summed E-state index contributed by atoms with van der Waals surface area (Å²) in [4.78, 5) is 24.3. The second-order valence-electron chi connectivity index (χ2n) is 5.94. The summed E-state index contributed by atoms with van der Waals surface area (Å²) in [7, 11) is 2.93. The largest absolute Gasteiger partial charge is 0.497 e. The number of hydrogen-bond donors (Lipinski definition) is 1. The van der Waals surface area contributed by atoms with Crippen LogP contribution >= 0.6 is 0 Å². The highest BCUT2D eigenvalue weighted by atomic mass is 16.6. The van der Waals surface area contributed by atoms with Crippen molar-refractivity contribution in [3.63, 3.8) is 0 Å². The number of amides is 1. The van der Waals surface area contributed by atoms with Gasteiger partial charge in [0.2, 0.25) is 0 Å². The molecule has 8 heteroatoms. The van der Waals surface area contributed by atoms with Gasteiger partial charge >= 0.3 is 5.97 Å². The Hall–Kier alpha value is -3.42. The number of fused-ring (bicyclic) bond motifs is 1. The highest BCUT2D eigenvalue weighted by Crippen LogP contribution is 2.30. The first-order valence-electron chi connectivity index (χ1n) is 8.65. The number of esters is 1. The van der Waals surface area contributed by atoms with Crippen LogP contribution in [0.5, 0.6) is 23.0 Å². The molecule has 1 aliphatic heterocycles. The van der Waals surface area contributed by atoms with Crippen molar-refractivity contribution in [1.29, 1.82) is 0 Å². The van der Waals surface area contributed by atoms with Crippen LogP contribution in [0.25, 0.3) is 0 Å². The molecule has 0 bridgehead atoms. The quantitative estimate of drug-likeness (QED) is 0.725. The first kappa shape index (κ1) is 19.3. The number of methoxy groups -OCH3 is 2. The Morgan fingerprint density at radius 1 is 1.11 bits per heavy atom. The van der Waals surface area contributed by atoms with Gasteiger partial charge < -0.3 is 29.0 Å². The van der Waals surface area contributed by atoms with Crippen molar-refractivity contribution in [3.05, 3.63) is 48.0 Å². The van der Waals surface area contributed by atoms with E-state index in [4.69, 9.17) is 23.7 Å². The molecule has 0 unspecified atom stereocenters. The number of para-hydroxylation sites is 2. The molecule has 0 fully saturated rings. The van der Waals surface area contributed by atoms with Crippen molar-refractivity contribution in [2.24, 2.45) is 0 Å². The fourth-order valence-corrected chi connectivity index (χ4v) is 2.62. The minimum absolute atomic E-state index is 0.176. The first-order valence-corrected chi connectivity index (χ1v) is 8.65. The van der Waals surface area contributed by atoms with E-state index in [1.54, 1.807) is 18.2 Å². The average Bonchev–Trinajstić information content (AvgIpc) is 2.75. The molecule has 0 aliphatic carbocycles. The Morgan fingerprint density at radius 3 is 2.64 bits per heavy atom. The molecule has 28 heavy (non-hydrogen) atoms. The van der Waals surface area contributed by atoms with E-state index in [-0.39, 0.29) is 18.2 Å². The van der Waals surface area contributed by atoms with Crippen molar-refractivity contribution in [2.45, 2.75) is 6.10 Å². The molecule has 148 valence electrons. The summed E-state index contributed by atoms with van der Waals surface area (Å²) in [5.41, 5.74) is 0.176. The van der Waals surface area contributed by atoms with Crippen LogP contribution in [-0.2, 0) is 9.53 Å². The zero-order valence-electron chi connectivity index (χ0n) is 15.6. The number of nitrogens with one attached hydrogen (secondary N) is 1. The number of carbonyl (C=O) groups excluding carboxylic acids is 2. The number of carbonyl (C=O) groups is 2. The van der Waals surface area contributed by atoms with Gasteiger partial charge in [-0.15, -0.1) is 0 Å². The summed E-state index contributed by atoms with van der Waals surface area (Å²) in [6, 6.07) is 12.1. The smallest absolute Gasteiger partial charge is 0.342 e. The Balaban J connectivity index is 1.48. The fourth-order valence-electron chi connectivity index (χ4n) is 2.62. The lowest BCUT2D eigenvalue weighted by atomic mass is 10.2. The number of rotatable bonds is 7. The third-order valence-corrected chi connectivity index (χ3v) is 4.06. The molecule has 1 atom stereocenters. The van der Waals surface area contributed by atoms with Crippen LogP contribution in [0.1, 0.15) is 10.4 Å². The van der Waals surface area contributed by atoms with Gasteiger partial charge in [-0.2, -0.15) is 0 Å². The predicted molar refractivity (Wildman–Crippen MR) is 99.2 cm³/mol. The summed E-state index contributed by atoms with van der Waals surface area (Å²) in [5, 5.41) is 2.66. The minimum atomic E-state index is -0.683. The topological polar surface area (TPSA) is 92.3 Å². The van der Waals surface area contributed by atoms with Gasteiger partial charge in [0.25, 0.3) is 5.91 Å². The maximum Gasteiger partial charge on any atom is 0.342 e. The normalized spacial score (nSPS) is 14.7. The van der Waals surface area contributed by atoms with Crippen LogP contribution in [0.2, 0.25) is 0 Å². The number of ether oxygens (including phenoxy) is 5. The highest BCUT2D eigenvalue weighted by molar-refractivity contribution is 5.94. The molecule has 2 aromatic carbocycles. The van der Waals surface area contributed by atoms with E-state index >= 15 is 0 Å². The number of hydrogen-bond acceptors (Lipinski definition) is 7. The van der Waals surface area contributed by atoms with E-state index in [0.717, 1.165) is 0 Å². The monoisotopic (exact) mass is 387 g/mol. The van der Waals surface area contributed by atoms with Crippen LogP contribution in [-0.4, -0.2) is 52.0 Å². The molecule has 3 rings (SSSR count). The van der Waals surface area contributed by atoms with Crippen LogP contribution < -0.4 is 24.3 Å². The zero-order valence-corrected chi connectivity index (χ0v) is 15.6. The molecular weight excluding hydrogens is 366 g/mol. The van der Waals surface area contributed by atoms with E-state index in [1.807, 2.05) is 18.2 Å². The molecule has 0 aromatic heterocycles.